The predicted octanol–water partition coefficient (Wildman–Crippen LogP) is 5.12. The van der Waals surface area contributed by atoms with Crippen LogP contribution in [0.2, 0.25) is 5.02 Å². The molecule has 0 fully saturated rings. The number of rotatable bonds is 2. The molecule has 0 atom stereocenters. The number of fused-ring (bicyclic) bond motifs is 1. The van der Waals surface area contributed by atoms with Gasteiger partial charge in [-0.1, -0.05) is 45.7 Å². The minimum atomic E-state index is -1.01. The average molecular weight is 370 g/mol. The van der Waals surface area contributed by atoms with E-state index in [0.29, 0.717) is 32.8 Å². The van der Waals surface area contributed by atoms with Crippen molar-refractivity contribution >= 4 is 38.6 Å². The maximum atomic E-state index is 13.9. The molecule has 2 nitrogen and oxygen atoms in total. The summed E-state index contributed by atoms with van der Waals surface area (Å²) in [5.41, 5.74) is 1.89. The number of alkyl halides is 1. The van der Waals surface area contributed by atoms with E-state index in [1.54, 1.807) is 24.3 Å². The Kier molecular flexibility index (Phi) is 3.87. The molecule has 0 saturated carbocycles. The van der Waals surface area contributed by atoms with Crippen molar-refractivity contribution in [3.8, 4) is 11.3 Å². The Morgan fingerprint density at radius 3 is 2.52 bits per heavy atom. The van der Waals surface area contributed by atoms with Gasteiger partial charge in [0.15, 0.2) is 11.6 Å². The standard InChI is InChI=1S/C15H8BrClF2N2/c16-7-12-14(8-3-1-2-4-9(8)17)21-15-11(20-12)6-5-10(18)13(15)19/h1-6H,7H2. The van der Waals surface area contributed by atoms with Gasteiger partial charge in [0.05, 0.1) is 21.9 Å². The minimum Gasteiger partial charge on any atom is -0.248 e. The predicted molar refractivity (Wildman–Crippen MR) is 82.5 cm³/mol. The van der Waals surface area contributed by atoms with Crippen LogP contribution in [0.5, 0.6) is 0 Å². The van der Waals surface area contributed by atoms with Crippen molar-refractivity contribution in [1.29, 1.82) is 0 Å². The number of aromatic nitrogens is 2. The van der Waals surface area contributed by atoms with Crippen molar-refractivity contribution < 1.29 is 8.78 Å². The zero-order valence-corrected chi connectivity index (χ0v) is 12.9. The molecule has 3 aromatic rings. The second-order valence-corrected chi connectivity index (χ2v) is 5.33. The minimum absolute atomic E-state index is 0.102. The molecule has 1 heterocycles. The van der Waals surface area contributed by atoms with Gasteiger partial charge in [0.25, 0.3) is 0 Å². The van der Waals surface area contributed by atoms with Crippen LogP contribution in [0.15, 0.2) is 36.4 Å². The maximum absolute atomic E-state index is 13.9. The highest BCUT2D eigenvalue weighted by molar-refractivity contribution is 9.08. The molecule has 106 valence electrons. The average Bonchev–Trinajstić information content (AvgIpc) is 2.50. The smallest absolute Gasteiger partial charge is 0.186 e. The van der Waals surface area contributed by atoms with Gasteiger partial charge < -0.3 is 0 Å². The monoisotopic (exact) mass is 368 g/mol. The van der Waals surface area contributed by atoms with E-state index in [2.05, 4.69) is 25.9 Å². The van der Waals surface area contributed by atoms with Crippen molar-refractivity contribution in [3.63, 3.8) is 0 Å². The van der Waals surface area contributed by atoms with Crippen molar-refractivity contribution in [2.24, 2.45) is 0 Å². The second kappa shape index (κ2) is 5.66. The largest absolute Gasteiger partial charge is 0.248 e. The van der Waals surface area contributed by atoms with E-state index < -0.39 is 11.6 Å². The number of benzene rings is 2. The molecule has 0 aliphatic carbocycles. The number of nitrogens with zero attached hydrogens (tertiary/aromatic N) is 2. The third-order valence-corrected chi connectivity index (χ3v) is 3.92. The molecular weight excluding hydrogens is 362 g/mol. The SMILES string of the molecule is Fc1ccc2nc(CBr)c(-c3ccccc3Cl)nc2c1F. The van der Waals surface area contributed by atoms with Gasteiger partial charge in [0, 0.05) is 10.9 Å². The van der Waals surface area contributed by atoms with Gasteiger partial charge >= 0.3 is 0 Å². The Morgan fingerprint density at radius 2 is 1.81 bits per heavy atom. The van der Waals surface area contributed by atoms with Gasteiger partial charge in [-0.15, -0.1) is 0 Å². The van der Waals surface area contributed by atoms with Crippen LogP contribution in [-0.4, -0.2) is 9.97 Å². The van der Waals surface area contributed by atoms with E-state index >= 15 is 0 Å². The van der Waals surface area contributed by atoms with Gasteiger partial charge in [0.2, 0.25) is 0 Å². The quantitative estimate of drug-likeness (QED) is 0.586. The van der Waals surface area contributed by atoms with E-state index in [0.717, 1.165) is 6.07 Å². The van der Waals surface area contributed by atoms with Crippen LogP contribution in [-0.2, 0) is 5.33 Å². The summed E-state index contributed by atoms with van der Waals surface area (Å²) in [4.78, 5) is 8.58. The molecule has 0 bridgehead atoms. The normalized spacial score (nSPS) is 11.0. The van der Waals surface area contributed by atoms with Crippen LogP contribution in [0.4, 0.5) is 8.78 Å². The van der Waals surface area contributed by atoms with Crippen LogP contribution >= 0.6 is 27.5 Å². The van der Waals surface area contributed by atoms with Gasteiger partial charge in [-0.2, -0.15) is 0 Å². The van der Waals surface area contributed by atoms with Crippen LogP contribution in [0.25, 0.3) is 22.3 Å². The Labute approximate surface area is 132 Å². The summed E-state index contributed by atoms with van der Waals surface area (Å²) in [6, 6.07) is 9.51. The van der Waals surface area contributed by atoms with Gasteiger partial charge in [-0.3, -0.25) is 0 Å². The highest BCUT2D eigenvalue weighted by Gasteiger charge is 2.16. The molecule has 0 radical (unpaired) electrons. The first-order chi connectivity index (χ1) is 10.1. The van der Waals surface area contributed by atoms with Crippen molar-refractivity contribution in [2.45, 2.75) is 5.33 Å². The maximum Gasteiger partial charge on any atom is 0.186 e. The first kappa shape index (κ1) is 14.4. The lowest BCUT2D eigenvalue weighted by molar-refractivity contribution is 0.515. The molecule has 6 heteroatoms. The molecule has 0 aliphatic rings. The zero-order valence-electron chi connectivity index (χ0n) is 10.6. The van der Waals surface area contributed by atoms with Crippen LogP contribution in [0.1, 0.15) is 5.69 Å². The van der Waals surface area contributed by atoms with Crippen LogP contribution < -0.4 is 0 Å². The third kappa shape index (κ3) is 2.51. The number of hydrogen-bond donors (Lipinski definition) is 0. The van der Waals surface area contributed by atoms with Crippen molar-refractivity contribution in [1.82, 2.24) is 9.97 Å². The molecule has 0 saturated heterocycles. The summed E-state index contributed by atoms with van der Waals surface area (Å²) in [6.45, 7) is 0. The molecule has 0 N–H and O–H groups in total. The summed E-state index contributed by atoms with van der Waals surface area (Å²) in [7, 11) is 0. The van der Waals surface area contributed by atoms with Crippen LogP contribution in [0, 0.1) is 11.6 Å². The number of hydrogen-bond acceptors (Lipinski definition) is 2. The summed E-state index contributed by atoms with van der Waals surface area (Å²) in [6.07, 6.45) is 0. The molecular formula is C15H8BrClF2N2. The van der Waals surface area contributed by atoms with E-state index in [4.69, 9.17) is 11.6 Å². The third-order valence-electron chi connectivity index (χ3n) is 3.06. The molecule has 3 rings (SSSR count). The Hall–Kier alpha value is -1.59. The van der Waals surface area contributed by atoms with E-state index in [1.165, 1.54) is 6.07 Å². The fourth-order valence-corrected chi connectivity index (χ4v) is 2.68. The molecule has 21 heavy (non-hydrogen) atoms. The second-order valence-electron chi connectivity index (χ2n) is 4.36. The fraction of sp³-hybridized carbons (Fsp3) is 0.0667. The summed E-state index contributed by atoms with van der Waals surface area (Å²) < 4.78 is 27.3. The zero-order chi connectivity index (χ0) is 15.0. The first-order valence-electron chi connectivity index (χ1n) is 6.07. The Balaban J connectivity index is 2.36. The molecule has 0 spiro atoms. The highest BCUT2D eigenvalue weighted by Crippen LogP contribution is 2.31. The highest BCUT2D eigenvalue weighted by atomic mass is 79.9. The van der Waals surface area contributed by atoms with Gasteiger partial charge in [-0.25, -0.2) is 18.7 Å². The fourth-order valence-electron chi connectivity index (χ4n) is 2.06. The molecule has 0 aliphatic heterocycles. The van der Waals surface area contributed by atoms with Crippen molar-refractivity contribution in [2.75, 3.05) is 0 Å². The molecule has 1 aromatic heterocycles. The summed E-state index contributed by atoms with van der Waals surface area (Å²) in [5, 5.41) is 0.903. The lowest BCUT2D eigenvalue weighted by Gasteiger charge is -2.10. The van der Waals surface area contributed by atoms with E-state index in [9.17, 15) is 8.78 Å². The number of halogens is 4. The first-order valence-corrected chi connectivity index (χ1v) is 7.57. The Morgan fingerprint density at radius 1 is 1.05 bits per heavy atom. The van der Waals surface area contributed by atoms with Gasteiger partial charge in [0.1, 0.15) is 5.52 Å². The summed E-state index contributed by atoms with van der Waals surface area (Å²) in [5.74, 6) is -1.96. The molecule has 0 amide bonds. The lowest BCUT2D eigenvalue weighted by Crippen LogP contribution is -2.00. The van der Waals surface area contributed by atoms with E-state index in [1.807, 2.05) is 0 Å². The van der Waals surface area contributed by atoms with Gasteiger partial charge in [-0.05, 0) is 18.2 Å². The lowest BCUT2D eigenvalue weighted by atomic mass is 10.1. The van der Waals surface area contributed by atoms with E-state index in [-0.39, 0.29) is 5.52 Å². The molecule has 0 unspecified atom stereocenters. The van der Waals surface area contributed by atoms with Crippen molar-refractivity contribution in [3.05, 3.63) is 58.7 Å². The molecule has 2 aromatic carbocycles. The summed E-state index contributed by atoms with van der Waals surface area (Å²) >= 11 is 9.49. The topological polar surface area (TPSA) is 25.8 Å². The Bertz CT molecular complexity index is 839. The van der Waals surface area contributed by atoms with Crippen LogP contribution in [0.3, 0.4) is 0 Å².